The third-order valence-corrected chi connectivity index (χ3v) is 4.64. The summed E-state index contributed by atoms with van der Waals surface area (Å²) in [4.78, 5) is 16.9. The van der Waals surface area contributed by atoms with Crippen LogP contribution < -0.4 is 14.8 Å². The molecule has 2 heterocycles. The number of fused-ring (bicyclic) bond motifs is 1. The van der Waals surface area contributed by atoms with Crippen molar-refractivity contribution in [3.05, 3.63) is 47.7 Å². The van der Waals surface area contributed by atoms with Gasteiger partial charge < -0.3 is 19.5 Å². The van der Waals surface area contributed by atoms with Crippen molar-refractivity contribution in [2.24, 2.45) is 0 Å². The molecule has 3 rings (SSSR count). The second-order valence-corrected chi connectivity index (χ2v) is 6.40. The van der Waals surface area contributed by atoms with E-state index in [0.717, 1.165) is 35.4 Å². The minimum atomic E-state index is -0.538. The molecule has 6 nitrogen and oxygen atoms in total. The van der Waals surface area contributed by atoms with Crippen molar-refractivity contribution in [3.63, 3.8) is 0 Å². The van der Waals surface area contributed by atoms with E-state index < -0.39 is 6.04 Å². The largest absolute Gasteiger partial charge is 0.494 e. The number of ether oxygens (including phenoxy) is 3. The summed E-state index contributed by atoms with van der Waals surface area (Å²) in [5.41, 5.74) is 2.72. The maximum Gasteiger partial charge on any atom is 0.329 e. The van der Waals surface area contributed by atoms with Gasteiger partial charge in [-0.3, -0.25) is 0 Å². The maximum atomic E-state index is 12.6. The van der Waals surface area contributed by atoms with E-state index in [1.807, 2.05) is 30.3 Å². The Balaban J connectivity index is 2.00. The Bertz CT molecular complexity index is 794. The summed E-state index contributed by atoms with van der Waals surface area (Å²) >= 11 is 0. The quantitative estimate of drug-likeness (QED) is 0.564. The third kappa shape index (κ3) is 3.99. The van der Waals surface area contributed by atoms with Crippen LogP contribution in [-0.4, -0.2) is 37.3 Å². The predicted molar refractivity (Wildman–Crippen MR) is 104 cm³/mol. The lowest BCUT2D eigenvalue weighted by Gasteiger charge is -2.20. The second-order valence-electron chi connectivity index (χ2n) is 6.40. The molecule has 27 heavy (non-hydrogen) atoms. The lowest BCUT2D eigenvalue weighted by molar-refractivity contribution is -0.144. The van der Waals surface area contributed by atoms with Gasteiger partial charge in [0.25, 0.3) is 0 Å². The van der Waals surface area contributed by atoms with Gasteiger partial charge in [-0.1, -0.05) is 19.4 Å². The topological polar surface area (TPSA) is 69.7 Å². The van der Waals surface area contributed by atoms with Crippen LogP contribution in [0.2, 0.25) is 0 Å². The summed E-state index contributed by atoms with van der Waals surface area (Å²) < 4.78 is 16.6. The number of benzene rings is 1. The number of pyridine rings is 1. The van der Waals surface area contributed by atoms with E-state index in [-0.39, 0.29) is 11.9 Å². The molecule has 0 radical (unpaired) electrons. The minimum Gasteiger partial charge on any atom is -0.494 e. The summed E-state index contributed by atoms with van der Waals surface area (Å²) in [6, 6.07) is 9.11. The average molecular weight is 370 g/mol. The molecule has 1 N–H and O–H groups in total. The van der Waals surface area contributed by atoms with Gasteiger partial charge >= 0.3 is 5.97 Å². The standard InChI is InChI=1S/C21H26N2O4/c1-4-6-12-27-14-9-10-17-16(13-14)18(19(23-17)21(24)26-5-2)15-8-7-11-22-20(15)25-3/h7-11,13,18-19,23H,4-6,12H2,1-3H3. The molecule has 0 amide bonds. The van der Waals surface area contributed by atoms with Crippen LogP contribution in [0.15, 0.2) is 36.5 Å². The van der Waals surface area contributed by atoms with Crippen LogP contribution in [0.4, 0.5) is 5.69 Å². The van der Waals surface area contributed by atoms with Gasteiger partial charge in [-0.05, 0) is 43.2 Å². The summed E-state index contributed by atoms with van der Waals surface area (Å²) in [5, 5.41) is 3.30. The van der Waals surface area contributed by atoms with Crippen LogP contribution in [0.5, 0.6) is 11.6 Å². The molecule has 1 aliphatic heterocycles. The highest BCUT2D eigenvalue weighted by Gasteiger charge is 2.41. The molecule has 0 saturated carbocycles. The Hall–Kier alpha value is -2.76. The maximum absolute atomic E-state index is 12.6. The zero-order chi connectivity index (χ0) is 19.2. The number of unbranched alkanes of at least 4 members (excludes halogenated alkanes) is 1. The molecule has 144 valence electrons. The molecule has 0 spiro atoms. The van der Waals surface area contributed by atoms with Gasteiger partial charge in [0.15, 0.2) is 0 Å². The first-order valence-electron chi connectivity index (χ1n) is 9.38. The Morgan fingerprint density at radius 1 is 1.22 bits per heavy atom. The van der Waals surface area contributed by atoms with Crippen molar-refractivity contribution < 1.29 is 19.0 Å². The molecule has 2 unspecified atom stereocenters. The fourth-order valence-corrected chi connectivity index (χ4v) is 3.37. The van der Waals surface area contributed by atoms with Crippen molar-refractivity contribution in [1.29, 1.82) is 0 Å². The van der Waals surface area contributed by atoms with Crippen LogP contribution in [0.3, 0.4) is 0 Å². The zero-order valence-corrected chi connectivity index (χ0v) is 16.0. The SMILES string of the molecule is CCCCOc1ccc2c(c1)C(c1cccnc1OC)C(C(=O)OCC)N2. The fourth-order valence-electron chi connectivity index (χ4n) is 3.37. The molecule has 1 aromatic heterocycles. The number of nitrogens with one attached hydrogen (secondary N) is 1. The highest BCUT2D eigenvalue weighted by Crippen LogP contribution is 2.44. The van der Waals surface area contributed by atoms with Gasteiger partial charge in [0.05, 0.1) is 20.3 Å². The van der Waals surface area contributed by atoms with E-state index in [1.165, 1.54) is 0 Å². The molecule has 0 aliphatic carbocycles. The Morgan fingerprint density at radius 2 is 2.07 bits per heavy atom. The van der Waals surface area contributed by atoms with E-state index in [4.69, 9.17) is 14.2 Å². The van der Waals surface area contributed by atoms with E-state index in [2.05, 4.69) is 17.2 Å². The number of rotatable bonds is 8. The summed E-state index contributed by atoms with van der Waals surface area (Å²) in [6.45, 7) is 4.94. The first kappa shape index (κ1) is 19.0. The molecule has 0 fully saturated rings. The molecule has 0 saturated heterocycles. The fraction of sp³-hybridized carbons (Fsp3) is 0.429. The lowest BCUT2D eigenvalue weighted by Crippen LogP contribution is -2.33. The van der Waals surface area contributed by atoms with E-state index >= 15 is 0 Å². The number of hydrogen-bond acceptors (Lipinski definition) is 6. The van der Waals surface area contributed by atoms with Crippen LogP contribution in [0, 0.1) is 0 Å². The molecule has 1 aliphatic rings. The first-order valence-corrected chi connectivity index (χ1v) is 9.38. The number of anilines is 1. The second kappa shape index (κ2) is 8.75. The number of hydrogen-bond donors (Lipinski definition) is 1. The van der Waals surface area contributed by atoms with Gasteiger partial charge in [-0.25, -0.2) is 9.78 Å². The number of carbonyl (C=O) groups excluding carboxylic acids is 1. The Kier molecular flexibility index (Phi) is 6.16. The van der Waals surface area contributed by atoms with E-state index in [0.29, 0.717) is 19.1 Å². The van der Waals surface area contributed by atoms with Gasteiger partial charge in [0.2, 0.25) is 5.88 Å². The normalized spacial score (nSPS) is 17.7. The highest BCUT2D eigenvalue weighted by atomic mass is 16.5. The summed E-state index contributed by atoms with van der Waals surface area (Å²) in [5.74, 6) is 0.737. The van der Waals surface area contributed by atoms with Crippen LogP contribution in [0.1, 0.15) is 43.7 Å². The van der Waals surface area contributed by atoms with Gasteiger partial charge in [-0.15, -0.1) is 0 Å². The van der Waals surface area contributed by atoms with E-state index in [9.17, 15) is 4.79 Å². The monoisotopic (exact) mass is 370 g/mol. The Labute approximate surface area is 159 Å². The lowest BCUT2D eigenvalue weighted by atomic mass is 9.88. The summed E-state index contributed by atoms with van der Waals surface area (Å²) in [6.07, 6.45) is 3.75. The highest BCUT2D eigenvalue weighted by molar-refractivity contribution is 5.86. The van der Waals surface area contributed by atoms with Crippen molar-refractivity contribution in [3.8, 4) is 11.6 Å². The van der Waals surface area contributed by atoms with Crippen LogP contribution in [0.25, 0.3) is 0 Å². The predicted octanol–water partition coefficient (Wildman–Crippen LogP) is 3.76. The van der Waals surface area contributed by atoms with Crippen molar-refractivity contribution in [2.45, 2.75) is 38.6 Å². The van der Waals surface area contributed by atoms with Crippen LogP contribution in [-0.2, 0) is 9.53 Å². The van der Waals surface area contributed by atoms with E-state index in [1.54, 1.807) is 20.2 Å². The number of aromatic nitrogens is 1. The molecule has 1 aromatic carbocycles. The smallest absolute Gasteiger partial charge is 0.329 e. The molecule has 2 aromatic rings. The Morgan fingerprint density at radius 3 is 2.81 bits per heavy atom. The number of nitrogens with zero attached hydrogens (tertiary/aromatic N) is 1. The van der Waals surface area contributed by atoms with Crippen molar-refractivity contribution >= 4 is 11.7 Å². The van der Waals surface area contributed by atoms with Gasteiger partial charge in [-0.2, -0.15) is 0 Å². The number of methoxy groups -OCH3 is 1. The number of carbonyl (C=O) groups is 1. The number of esters is 1. The van der Waals surface area contributed by atoms with Crippen LogP contribution >= 0.6 is 0 Å². The molecular formula is C21H26N2O4. The van der Waals surface area contributed by atoms with Gasteiger partial charge in [0, 0.05) is 23.4 Å². The average Bonchev–Trinajstić information content (AvgIpc) is 3.07. The zero-order valence-electron chi connectivity index (χ0n) is 16.0. The van der Waals surface area contributed by atoms with Crippen molar-refractivity contribution in [1.82, 2.24) is 4.98 Å². The molecular weight excluding hydrogens is 344 g/mol. The third-order valence-electron chi connectivity index (χ3n) is 4.64. The van der Waals surface area contributed by atoms with Crippen molar-refractivity contribution in [2.75, 3.05) is 25.6 Å². The summed E-state index contributed by atoms with van der Waals surface area (Å²) in [7, 11) is 1.58. The molecule has 0 bridgehead atoms. The molecule has 6 heteroatoms. The first-order chi connectivity index (χ1) is 13.2. The van der Waals surface area contributed by atoms with Gasteiger partial charge in [0.1, 0.15) is 11.8 Å². The minimum absolute atomic E-state index is 0.266. The molecule has 2 atom stereocenters.